The number of benzene rings is 1. The monoisotopic (exact) mass is 384 g/mol. The highest BCUT2D eigenvalue weighted by Crippen LogP contribution is 2.18. The van der Waals surface area contributed by atoms with Gasteiger partial charge in [0.05, 0.1) is 12.2 Å². The number of hydrogen-bond acceptors (Lipinski definition) is 5. The summed E-state index contributed by atoms with van der Waals surface area (Å²) in [7, 11) is 0. The van der Waals surface area contributed by atoms with E-state index < -0.39 is 23.8 Å². The molecule has 8 nitrogen and oxygen atoms in total. The molecule has 0 saturated carbocycles. The molecule has 0 bridgehead atoms. The number of hydrogen-bond donors (Lipinski definition) is 3. The molecule has 0 aliphatic heterocycles. The Morgan fingerprint density at radius 3 is 2.36 bits per heavy atom. The van der Waals surface area contributed by atoms with Gasteiger partial charge in [-0.2, -0.15) is 0 Å². The molecule has 8 heteroatoms. The van der Waals surface area contributed by atoms with Gasteiger partial charge in [0.25, 0.3) is 17.7 Å². The third-order valence-electron chi connectivity index (χ3n) is 3.86. The lowest BCUT2D eigenvalue weighted by Crippen LogP contribution is -2.54. The van der Waals surface area contributed by atoms with E-state index in [4.69, 9.17) is 4.74 Å². The highest BCUT2D eigenvalue weighted by molar-refractivity contribution is 6.00. The lowest BCUT2D eigenvalue weighted by molar-refractivity contribution is -0.124. The van der Waals surface area contributed by atoms with Crippen LogP contribution in [0.5, 0.6) is 5.75 Å². The van der Waals surface area contributed by atoms with Crippen LogP contribution < -0.4 is 20.9 Å². The topological polar surface area (TPSA) is 109 Å². The second kappa shape index (κ2) is 10.1. The number of aromatic nitrogens is 1. The first-order valence-corrected chi connectivity index (χ1v) is 8.98. The Morgan fingerprint density at radius 2 is 1.71 bits per heavy atom. The number of hydrazine groups is 1. The Kier molecular flexibility index (Phi) is 7.50. The van der Waals surface area contributed by atoms with Crippen LogP contribution in [0.4, 0.5) is 0 Å². The maximum absolute atomic E-state index is 12.7. The zero-order valence-corrected chi connectivity index (χ0v) is 16.1. The summed E-state index contributed by atoms with van der Waals surface area (Å²) in [6, 6.07) is 10.8. The Labute approximate surface area is 163 Å². The van der Waals surface area contributed by atoms with Crippen LogP contribution in [0.3, 0.4) is 0 Å². The summed E-state index contributed by atoms with van der Waals surface area (Å²) in [6.07, 6.45) is 1.48. The Morgan fingerprint density at radius 1 is 1.00 bits per heavy atom. The standard InChI is InChI=1S/C20H24N4O4/c1-4-28-16-11-6-5-9-14(16)18(25)22-17(13(2)3)20(27)24-23-19(26)15-10-7-8-12-21-15/h5-13,17H,4H2,1-3H3,(H,22,25)(H,23,26)(H,24,27)/t17-/m0/s1. The van der Waals surface area contributed by atoms with Gasteiger partial charge >= 0.3 is 0 Å². The predicted octanol–water partition coefficient (Wildman–Crippen LogP) is 1.70. The smallest absolute Gasteiger partial charge is 0.288 e. The molecular formula is C20H24N4O4. The van der Waals surface area contributed by atoms with Gasteiger partial charge in [0.2, 0.25) is 0 Å². The van der Waals surface area contributed by atoms with Crippen molar-refractivity contribution in [3.63, 3.8) is 0 Å². The van der Waals surface area contributed by atoms with E-state index in [0.717, 1.165) is 0 Å². The summed E-state index contributed by atoms with van der Waals surface area (Å²) in [5.41, 5.74) is 5.14. The van der Waals surface area contributed by atoms with Crippen LogP contribution >= 0.6 is 0 Å². The average molecular weight is 384 g/mol. The lowest BCUT2D eigenvalue weighted by Gasteiger charge is -2.22. The normalized spacial score (nSPS) is 11.4. The summed E-state index contributed by atoms with van der Waals surface area (Å²) in [6.45, 7) is 5.82. The first-order valence-electron chi connectivity index (χ1n) is 8.98. The molecule has 3 amide bonds. The van der Waals surface area contributed by atoms with Crippen molar-refractivity contribution in [3.8, 4) is 5.75 Å². The largest absolute Gasteiger partial charge is 0.493 e. The fraction of sp³-hybridized carbons (Fsp3) is 0.300. The molecule has 2 rings (SSSR count). The number of carbonyl (C=O) groups is 3. The average Bonchev–Trinajstić information content (AvgIpc) is 2.70. The van der Waals surface area contributed by atoms with Gasteiger partial charge in [0.15, 0.2) is 0 Å². The number of pyridine rings is 1. The third kappa shape index (κ3) is 5.54. The number of carbonyl (C=O) groups excluding carboxylic acids is 3. The quantitative estimate of drug-likeness (QED) is 0.630. The van der Waals surface area contributed by atoms with E-state index in [2.05, 4.69) is 21.2 Å². The minimum Gasteiger partial charge on any atom is -0.493 e. The predicted molar refractivity (Wildman–Crippen MR) is 104 cm³/mol. The fourth-order valence-electron chi connectivity index (χ4n) is 2.45. The molecule has 1 aromatic carbocycles. The summed E-state index contributed by atoms with van der Waals surface area (Å²) < 4.78 is 5.46. The van der Waals surface area contributed by atoms with Crippen LogP contribution in [0, 0.1) is 5.92 Å². The Bertz CT molecular complexity index is 824. The third-order valence-corrected chi connectivity index (χ3v) is 3.86. The maximum atomic E-state index is 12.7. The van der Waals surface area contributed by atoms with Crippen molar-refractivity contribution in [3.05, 3.63) is 59.9 Å². The maximum Gasteiger partial charge on any atom is 0.288 e. The number of amides is 3. The molecule has 0 aliphatic rings. The number of nitrogens with one attached hydrogen (secondary N) is 3. The molecule has 0 fully saturated rings. The summed E-state index contributed by atoms with van der Waals surface area (Å²) in [4.78, 5) is 41.1. The molecule has 1 atom stereocenters. The molecule has 28 heavy (non-hydrogen) atoms. The van der Waals surface area contributed by atoms with Crippen molar-refractivity contribution in [1.82, 2.24) is 21.2 Å². The minimum atomic E-state index is -0.855. The highest BCUT2D eigenvalue weighted by Gasteiger charge is 2.26. The Balaban J connectivity index is 2.03. The van der Waals surface area contributed by atoms with Crippen LogP contribution in [0.2, 0.25) is 0 Å². The molecule has 0 spiro atoms. The van der Waals surface area contributed by atoms with Gasteiger partial charge in [-0.3, -0.25) is 30.2 Å². The molecule has 1 aromatic heterocycles. The summed E-state index contributed by atoms with van der Waals surface area (Å²) in [5, 5.41) is 2.70. The van der Waals surface area contributed by atoms with Crippen molar-refractivity contribution in [2.24, 2.45) is 5.92 Å². The van der Waals surface area contributed by atoms with Crippen LogP contribution in [0.1, 0.15) is 41.6 Å². The second-order valence-corrected chi connectivity index (χ2v) is 6.28. The summed E-state index contributed by atoms with van der Waals surface area (Å²) >= 11 is 0. The first kappa shape index (κ1) is 20.9. The second-order valence-electron chi connectivity index (χ2n) is 6.28. The molecule has 0 aliphatic carbocycles. The number of rotatable bonds is 7. The molecule has 0 saturated heterocycles. The molecular weight excluding hydrogens is 360 g/mol. The van der Waals surface area contributed by atoms with E-state index in [0.29, 0.717) is 17.9 Å². The SMILES string of the molecule is CCOc1ccccc1C(=O)N[C@H](C(=O)NNC(=O)c1ccccn1)C(C)C. The van der Waals surface area contributed by atoms with E-state index in [1.165, 1.54) is 12.3 Å². The molecule has 2 aromatic rings. The van der Waals surface area contributed by atoms with E-state index >= 15 is 0 Å². The van der Waals surface area contributed by atoms with Gasteiger partial charge in [-0.05, 0) is 37.1 Å². The van der Waals surface area contributed by atoms with E-state index in [-0.39, 0.29) is 11.6 Å². The van der Waals surface area contributed by atoms with Gasteiger partial charge in [0, 0.05) is 6.20 Å². The van der Waals surface area contributed by atoms with E-state index in [1.54, 1.807) is 50.2 Å². The number of ether oxygens (including phenoxy) is 1. The lowest BCUT2D eigenvalue weighted by atomic mass is 10.0. The zero-order valence-electron chi connectivity index (χ0n) is 16.1. The van der Waals surface area contributed by atoms with Crippen molar-refractivity contribution in [2.75, 3.05) is 6.61 Å². The number of para-hydroxylation sites is 1. The Hall–Kier alpha value is -3.42. The molecule has 0 radical (unpaired) electrons. The van der Waals surface area contributed by atoms with Gasteiger partial charge in [0.1, 0.15) is 17.5 Å². The van der Waals surface area contributed by atoms with Gasteiger partial charge < -0.3 is 10.1 Å². The molecule has 1 heterocycles. The summed E-state index contributed by atoms with van der Waals surface area (Å²) in [5.74, 6) is -1.30. The van der Waals surface area contributed by atoms with Gasteiger partial charge in [-0.15, -0.1) is 0 Å². The van der Waals surface area contributed by atoms with Crippen molar-refractivity contribution in [2.45, 2.75) is 26.8 Å². The van der Waals surface area contributed by atoms with Gasteiger partial charge in [-0.1, -0.05) is 32.0 Å². The van der Waals surface area contributed by atoms with E-state index in [9.17, 15) is 14.4 Å². The molecule has 3 N–H and O–H groups in total. The van der Waals surface area contributed by atoms with Crippen molar-refractivity contribution >= 4 is 17.7 Å². The molecule has 0 unspecified atom stereocenters. The van der Waals surface area contributed by atoms with Crippen LogP contribution in [0.15, 0.2) is 48.7 Å². The van der Waals surface area contributed by atoms with Crippen molar-refractivity contribution in [1.29, 1.82) is 0 Å². The minimum absolute atomic E-state index is 0.165. The van der Waals surface area contributed by atoms with Crippen LogP contribution in [-0.4, -0.2) is 35.4 Å². The highest BCUT2D eigenvalue weighted by atomic mass is 16.5. The molecule has 148 valence electrons. The first-order chi connectivity index (χ1) is 13.4. The zero-order chi connectivity index (χ0) is 20.5. The number of nitrogens with zero attached hydrogens (tertiary/aromatic N) is 1. The van der Waals surface area contributed by atoms with Crippen molar-refractivity contribution < 1.29 is 19.1 Å². The van der Waals surface area contributed by atoms with Gasteiger partial charge in [-0.25, -0.2) is 0 Å². The van der Waals surface area contributed by atoms with Crippen LogP contribution in [0.25, 0.3) is 0 Å². The van der Waals surface area contributed by atoms with E-state index in [1.807, 2.05) is 6.92 Å². The fourth-order valence-corrected chi connectivity index (χ4v) is 2.45. The van der Waals surface area contributed by atoms with Crippen LogP contribution in [-0.2, 0) is 4.79 Å².